The van der Waals surface area contributed by atoms with Gasteiger partial charge in [0, 0.05) is 12.1 Å². The first-order valence-corrected chi connectivity index (χ1v) is 6.22. The van der Waals surface area contributed by atoms with Crippen molar-refractivity contribution in [1.82, 2.24) is 5.32 Å². The lowest BCUT2D eigenvalue weighted by Crippen LogP contribution is -2.24. The van der Waals surface area contributed by atoms with E-state index >= 15 is 0 Å². The number of nitrogens with zero attached hydrogens (tertiary/aromatic N) is 1. The van der Waals surface area contributed by atoms with Crippen LogP contribution in [0.1, 0.15) is 20.3 Å². The van der Waals surface area contributed by atoms with Crippen LogP contribution in [-0.4, -0.2) is 31.2 Å². The van der Waals surface area contributed by atoms with E-state index < -0.39 is 4.92 Å². The third-order valence-corrected chi connectivity index (χ3v) is 2.45. The average Bonchev–Trinajstić information content (AvgIpc) is 2.37. The molecule has 0 saturated heterocycles. The summed E-state index contributed by atoms with van der Waals surface area (Å²) in [7, 11) is 1.47. The standard InChI is InChI=1S/C13H20N2O4/c1-10(2)14-5-4-6-19-13-8-11(15(16)17)7-12(9-13)18-3/h7-10,14H,4-6H2,1-3H3. The second-order valence-electron chi connectivity index (χ2n) is 4.43. The molecule has 0 radical (unpaired) electrons. The van der Waals surface area contributed by atoms with Crippen LogP contribution in [-0.2, 0) is 0 Å². The summed E-state index contributed by atoms with van der Waals surface area (Å²) in [5.41, 5.74) is -0.0327. The van der Waals surface area contributed by atoms with E-state index in [0.29, 0.717) is 24.1 Å². The van der Waals surface area contributed by atoms with E-state index in [4.69, 9.17) is 9.47 Å². The van der Waals surface area contributed by atoms with Gasteiger partial charge in [0.25, 0.3) is 5.69 Å². The third-order valence-electron chi connectivity index (χ3n) is 2.45. The number of nitrogens with one attached hydrogen (secondary N) is 1. The number of nitro groups is 1. The maximum absolute atomic E-state index is 10.8. The molecule has 1 N–H and O–H groups in total. The Kier molecular flexibility index (Phi) is 6.08. The molecular weight excluding hydrogens is 248 g/mol. The molecule has 1 aromatic carbocycles. The van der Waals surface area contributed by atoms with E-state index in [1.165, 1.54) is 19.2 Å². The number of methoxy groups -OCH3 is 1. The van der Waals surface area contributed by atoms with Gasteiger partial charge in [0.15, 0.2) is 0 Å². The summed E-state index contributed by atoms with van der Waals surface area (Å²) < 4.78 is 10.5. The number of non-ortho nitro benzene ring substituents is 1. The van der Waals surface area contributed by atoms with Crippen molar-refractivity contribution in [2.45, 2.75) is 26.3 Å². The molecule has 106 valence electrons. The molecule has 0 aromatic heterocycles. The number of benzene rings is 1. The summed E-state index contributed by atoms with van der Waals surface area (Å²) in [5, 5.41) is 14.0. The van der Waals surface area contributed by atoms with Crippen LogP contribution in [0.25, 0.3) is 0 Å². The molecular formula is C13H20N2O4. The molecule has 6 heteroatoms. The van der Waals surface area contributed by atoms with Crippen molar-refractivity contribution in [2.75, 3.05) is 20.3 Å². The minimum absolute atomic E-state index is 0.0327. The smallest absolute Gasteiger partial charge is 0.276 e. The lowest BCUT2D eigenvalue weighted by Gasteiger charge is -2.10. The van der Waals surface area contributed by atoms with E-state index in [0.717, 1.165) is 13.0 Å². The zero-order valence-corrected chi connectivity index (χ0v) is 11.5. The Labute approximate surface area is 112 Å². The second kappa shape index (κ2) is 7.58. The van der Waals surface area contributed by atoms with Crippen LogP contribution in [0.3, 0.4) is 0 Å². The highest BCUT2D eigenvalue weighted by Gasteiger charge is 2.10. The van der Waals surface area contributed by atoms with E-state index in [2.05, 4.69) is 19.2 Å². The van der Waals surface area contributed by atoms with E-state index in [1.807, 2.05) is 0 Å². The van der Waals surface area contributed by atoms with E-state index in [9.17, 15) is 10.1 Å². The molecule has 0 aliphatic heterocycles. The monoisotopic (exact) mass is 268 g/mol. The fourth-order valence-corrected chi connectivity index (χ4v) is 1.52. The number of ether oxygens (including phenoxy) is 2. The Balaban J connectivity index is 2.53. The van der Waals surface area contributed by atoms with Gasteiger partial charge >= 0.3 is 0 Å². The number of rotatable bonds is 8. The van der Waals surface area contributed by atoms with Crippen molar-refractivity contribution < 1.29 is 14.4 Å². The molecule has 0 spiro atoms. The summed E-state index contributed by atoms with van der Waals surface area (Å²) in [6, 6.07) is 4.85. The molecule has 0 amide bonds. The van der Waals surface area contributed by atoms with Crippen LogP contribution in [0.15, 0.2) is 18.2 Å². The van der Waals surface area contributed by atoms with Gasteiger partial charge in [-0.05, 0) is 13.0 Å². The highest BCUT2D eigenvalue weighted by Crippen LogP contribution is 2.27. The van der Waals surface area contributed by atoms with Gasteiger partial charge in [-0.25, -0.2) is 0 Å². The van der Waals surface area contributed by atoms with Crippen molar-refractivity contribution in [2.24, 2.45) is 0 Å². The topological polar surface area (TPSA) is 73.6 Å². The normalized spacial score (nSPS) is 10.5. The zero-order valence-electron chi connectivity index (χ0n) is 11.5. The van der Waals surface area contributed by atoms with E-state index in [1.54, 1.807) is 6.07 Å². The molecule has 1 aromatic rings. The summed E-state index contributed by atoms with van der Waals surface area (Å²) in [6.45, 7) is 5.51. The Morgan fingerprint density at radius 3 is 2.58 bits per heavy atom. The lowest BCUT2D eigenvalue weighted by atomic mass is 10.3. The number of hydrogen-bond donors (Lipinski definition) is 1. The molecule has 0 bridgehead atoms. The molecule has 0 aliphatic carbocycles. The number of hydrogen-bond acceptors (Lipinski definition) is 5. The van der Waals surface area contributed by atoms with Crippen molar-refractivity contribution in [1.29, 1.82) is 0 Å². The van der Waals surface area contributed by atoms with Crippen molar-refractivity contribution >= 4 is 5.69 Å². The first kappa shape index (κ1) is 15.2. The van der Waals surface area contributed by atoms with Crippen LogP contribution in [0.5, 0.6) is 11.5 Å². The largest absolute Gasteiger partial charge is 0.496 e. The van der Waals surface area contributed by atoms with Gasteiger partial charge in [-0.3, -0.25) is 10.1 Å². The van der Waals surface area contributed by atoms with Crippen LogP contribution in [0, 0.1) is 10.1 Å². The molecule has 1 rings (SSSR count). The highest BCUT2D eigenvalue weighted by molar-refractivity contribution is 5.45. The second-order valence-corrected chi connectivity index (χ2v) is 4.43. The molecule has 0 aliphatic rings. The molecule has 0 unspecified atom stereocenters. The van der Waals surface area contributed by atoms with Gasteiger partial charge in [0.2, 0.25) is 0 Å². The summed E-state index contributed by atoms with van der Waals surface area (Å²) in [5.74, 6) is 0.875. The fourth-order valence-electron chi connectivity index (χ4n) is 1.52. The predicted molar refractivity (Wildman–Crippen MR) is 72.9 cm³/mol. The fraction of sp³-hybridized carbons (Fsp3) is 0.538. The zero-order chi connectivity index (χ0) is 14.3. The first-order chi connectivity index (χ1) is 9.02. The molecule has 0 saturated carbocycles. The Morgan fingerprint density at radius 1 is 1.32 bits per heavy atom. The predicted octanol–water partition coefficient (Wildman–Crippen LogP) is 2.37. The highest BCUT2D eigenvalue weighted by atomic mass is 16.6. The van der Waals surface area contributed by atoms with Crippen LogP contribution >= 0.6 is 0 Å². The molecule has 0 fully saturated rings. The first-order valence-electron chi connectivity index (χ1n) is 6.22. The van der Waals surface area contributed by atoms with Crippen LogP contribution < -0.4 is 14.8 Å². The van der Waals surface area contributed by atoms with E-state index in [-0.39, 0.29) is 5.69 Å². The summed E-state index contributed by atoms with van der Waals surface area (Å²) >= 11 is 0. The van der Waals surface area contributed by atoms with Gasteiger partial charge < -0.3 is 14.8 Å². The van der Waals surface area contributed by atoms with Crippen molar-refractivity contribution in [3.05, 3.63) is 28.3 Å². The van der Waals surface area contributed by atoms with Gasteiger partial charge in [0.1, 0.15) is 11.5 Å². The SMILES string of the molecule is COc1cc(OCCCNC(C)C)cc([N+](=O)[O-])c1. The average molecular weight is 268 g/mol. The third kappa shape index (κ3) is 5.56. The maximum Gasteiger partial charge on any atom is 0.276 e. The Bertz CT molecular complexity index is 421. The van der Waals surface area contributed by atoms with Crippen LogP contribution in [0.4, 0.5) is 5.69 Å². The minimum atomic E-state index is -0.463. The molecule has 6 nitrogen and oxygen atoms in total. The summed E-state index contributed by atoms with van der Waals surface area (Å²) in [6.07, 6.45) is 0.836. The van der Waals surface area contributed by atoms with Crippen molar-refractivity contribution in [3.63, 3.8) is 0 Å². The Morgan fingerprint density at radius 2 is 2.00 bits per heavy atom. The summed E-state index contributed by atoms with van der Waals surface area (Å²) in [4.78, 5) is 10.3. The maximum atomic E-state index is 10.8. The molecule has 19 heavy (non-hydrogen) atoms. The van der Waals surface area contributed by atoms with Gasteiger partial charge in [-0.15, -0.1) is 0 Å². The van der Waals surface area contributed by atoms with Crippen molar-refractivity contribution in [3.8, 4) is 11.5 Å². The quantitative estimate of drug-likeness (QED) is 0.445. The molecule has 0 heterocycles. The lowest BCUT2D eigenvalue weighted by molar-refractivity contribution is -0.385. The van der Waals surface area contributed by atoms with Gasteiger partial charge in [-0.1, -0.05) is 13.8 Å². The Hall–Kier alpha value is -1.82. The molecule has 0 atom stereocenters. The number of nitro benzene ring substituents is 1. The van der Waals surface area contributed by atoms with Gasteiger partial charge in [-0.2, -0.15) is 0 Å². The van der Waals surface area contributed by atoms with Gasteiger partial charge in [0.05, 0.1) is 30.8 Å². The minimum Gasteiger partial charge on any atom is -0.496 e. The van der Waals surface area contributed by atoms with Crippen LogP contribution in [0.2, 0.25) is 0 Å².